The first-order valence-corrected chi connectivity index (χ1v) is 10.2. The predicted molar refractivity (Wildman–Crippen MR) is 96.4 cm³/mol. The minimum Gasteiger partial charge on any atom is -0.341 e. The van der Waals surface area contributed by atoms with Gasteiger partial charge in [-0.1, -0.05) is 19.3 Å². The van der Waals surface area contributed by atoms with E-state index in [0.717, 1.165) is 49.5 Å². The Morgan fingerprint density at radius 2 is 1.77 bits per heavy atom. The average molecular weight is 362 g/mol. The van der Waals surface area contributed by atoms with Gasteiger partial charge in [0, 0.05) is 19.1 Å². The Kier molecular flexibility index (Phi) is 4.90. The number of urea groups is 1. The van der Waals surface area contributed by atoms with Gasteiger partial charge in [0.1, 0.15) is 12.1 Å². The largest absolute Gasteiger partial charge is 0.341 e. The Morgan fingerprint density at radius 3 is 2.42 bits per heavy atom. The molecule has 4 amide bonds. The number of hydrogen-bond donors (Lipinski definition) is 2. The maximum absolute atomic E-state index is 12.8. The highest BCUT2D eigenvalue weighted by molar-refractivity contribution is 6.09. The molecule has 0 aromatic heterocycles. The number of hydrogen-bond acceptors (Lipinski definition) is 4. The van der Waals surface area contributed by atoms with Crippen molar-refractivity contribution in [2.75, 3.05) is 26.2 Å². The van der Waals surface area contributed by atoms with Gasteiger partial charge in [-0.3, -0.25) is 14.5 Å². The van der Waals surface area contributed by atoms with E-state index in [1.807, 2.05) is 4.90 Å². The van der Waals surface area contributed by atoms with Crippen LogP contribution in [0.4, 0.5) is 4.79 Å². The molecular weight excluding hydrogens is 332 g/mol. The van der Waals surface area contributed by atoms with Crippen LogP contribution in [0.15, 0.2) is 0 Å². The summed E-state index contributed by atoms with van der Waals surface area (Å²) in [7, 11) is 0. The van der Waals surface area contributed by atoms with Gasteiger partial charge in [-0.15, -0.1) is 0 Å². The quantitative estimate of drug-likeness (QED) is 0.721. The Morgan fingerprint density at radius 1 is 1.08 bits per heavy atom. The molecule has 2 aliphatic heterocycles. The molecule has 0 radical (unpaired) electrons. The van der Waals surface area contributed by atoms with Crippen molar-refractivity contribution in [2.24, 2.45) is 5.92 Å². The fraction of sp³-hybridized carbons (Fsp3) is 0.842. The Bertz CT molecular complexity index is 575. The lowest BCUT2D eigenvalue weighted by Crippen LogP contribution is -2.50. The highest BCUT2D eigenvalue weighted by Gasteiger charge is 2.51. The summed E-state index contributed by atoms with van der Waals surface area (Å²) in [6.07, 6.45) is 8.99. The molecule has 7 nitrogen and oxygen atoms in total. The molecule has 1 spiro atoms. The number of likely N-dealkylation sites (tertiary alicyclic amines) is 1. The van der Waals surface area contributed by atoms with E-state index in [1.165, 1.54) is 12.8 Å². The van der Waals surface area contributed by atoms with Crippen molar-refractivity contribution in [1.29, 1.82) is 0 Å². The van der Waals surface area contributed by atoms with Crippen LogP contribution in [0.3, 0.4) is 0 Å². The topological polar surface area (TPSA) is 81.8 Å². The van der Waals surface area contributed by atoms with Crippen LogP contribution in [0.2, 0.25) is 0 Å². The molecule has 0 aromatic rings. The summed E-state index contributed by atoms with van der Waals surface area (Å²) >= 11 is 0. The molecule has 0 aromatic carbocycles. The van der Waals surface area contributed by atoms with Crippen molar-refractivity contribution in [3.05, 3.63) is 0 Å². The summed E-state index contributed by atoms with van der Waals surface area (Å²) in [5.74, 6) is 0.556. The van der Waals surface area contributed by atoms with Crippen molar-refractivity contribution in [2.45, 2.75) is 69.4 Å². The zero-order valence-electron chi connectivity index (χ0n) is 15.5. The Hall–Kier alpha value is -1.63. The molecule has 26 heavy (non-hydrogen) atoms. The van der Waals surface area contributed by atoms with E-state index in [0.29, 0.717) is 32.0 Å². The van der Waals surface area contributed by atoms with Crippen LogP contribution >= 0.6 is 0 Å². The van der Waals surface area contributed by atoms with Crippen LogP contribution in [0, 0.1) is 5.92 Å². The van der Waals surface area contributed by atoms with Crippen molar-refractivity contribution in [1.82, 2.24) is 20.4 Å². The molecule has 4 rings (SSSR count). The van der Waals surface area contributed by atoms with Crippen molar-refractivity contribution < 1.29 is 14.4 Å². The summed E-state index contributed by atoms with van der Waals surface area (Å²) in [6.45, 7) is 2.39. The summed E-state index contributed by atoms with van der Waals surface area (Å²) < 4.78 is 0. The minimum atomic E-state index is -0.741. The molecule has 2 N–H and O–H groups in total. The fourth-order valence-corrected chi connectivity index (χ4v) is 4.54. The van der Waals surface area contributed by atoms with E-state index in [-0.39, 0.29) is 18.4 Å². The van der Waals surface area contributed by atoms with Gasteiger partial charge in [0.05, 0.1) is 0 Å². The second-order valence-electron chi connectivity index (χ2n) is 8.47. The van der Waals surface area contributed by atoms with E-state index in [1.54, 1.807) is 0 Å². The molecule has 0 bridgehead atoms. The monoisotopic (exact) mass is 362 g/mol. The standard InChI is InChI=1S/C19H30N4O3/c24-16(22-10-6-15(7-11-22)20-12-14-4-5-14)13-23-17(25)19(21-18(23)26)8-2-1-3-9-19/h14-15,20H,1-13H2,(H,21,26). The summed E-state index contributed by atoms with van der Waals surface area (Å²) in [5, 5.41) is 6.48. The highest BCUT2D eigenvalue weighted by atomic mass is 16.2. The maximum Gasteiger partial charge on any atom is 0.325 e. The van der Waals surface area contributed by atoms with Gasteiger partial charge in [-0.2, -0.15) is 0 Å². The molecular formula is C19H30N4O3. The van der Waals surface area contributed by atoms with Crippen molar-refractivity contribution in [3.8, 4) is 0 Å². The van der Waals surface area contributed by atoms with E-state index < -0.39 is 11.6 Å². The predicted octanol–water partition coefficient (Wildman–Crippen LogP) is 1.23. The summed E-state index contributed by atoms with van der Waals surface area (Å²) in [4.78, 5) is 40.7. The number of rotatable bonds is 5. The molecule has 144 valence electrons. The lowest BCUT2D eigenvalue weighted by molar-refractivity contribution is -0.140. The summed E-state index contributed by atoms with van der Waals surface area (Å²) in [5.41, 5.74) is -0.741. The second kappa shape index (κ2) is 7.18. The maximum atomic E-state index is 12.8. The molecule has 0 atom stereocenters. The normalized spacial score (nSPS) is 26.5. The Balaban J connectivity index is 1.28. The lowest BCUT2D eigenvalue weighted by Gasteiger charge is -2.33. The van der Waals surface area contributed by atoms with Crippen molar-refractivity contribution >= 4 is 17.8 Å². The van der Waals surface area contributed by atoms with Gasteiger partial charge < -0.3 is 15.5 Å². The first-order chi connectivity index (χ1) is 12.6. The van der Waals surface area contributed by atoms with Crippen LogP contribution in [-0.4, -0.2) is 65.4 Å². The van der Waals surface area contributed by atoms with Gasteiger partial charge in [0.15, 0.2) is 0 Å². The van der Waals surface area contributed by atoms with Crippen LogP contribution < -0.4 is 10.6 Å². The zero-order valence-corrected chi connectivity index (χ0v) is 15.5. The van der Waals surface area contributed by atoms with Gasteiger partial charge in [0.25, 0.3) is 5.91 Å². The second-order valence-corrected chi connectivity index (χ2v) is 8.47. The molecule has 2 saturated carbocycles. The van der Waals surface area contributed by atoms with E-state index in [2.05, 4.69) is 10.6 Å². The molecule has 2 saturated heterocycles. The SMILES string of the molecule is O=C(CN1C(=O)NC2(CCCCC2)C1=O)N1CCC(NCC2CC2)CC1. The van der Waals surface area contributed by atoms with Crippen LogP contribution in [-0.2, 0) is 9.59 Å². The highest BCUT2D eigenvalue weighted by Crippen LogP contribution is 2.33. The number of piperidine rings is 1. The van der Waals surface area contributed by atoms with Crippen LogP contribution in [0.1, 0.15) is 57.8 Å². The van der Waals surface area contributed by atoms with E-state index in [4.69, 9.17) is 0 Å². The third-order valence-electron chi connectivity index (χ3n) is 6.49. The number of nitrogens with one attached hydrogen (secondary N) is 2. The number of carbonyl (C=O) groups is 3. The van der Waals surface area contributed by atoms with E-state index in [9.17, 15) is 14.4 Å². The van der Waals surface area contributed by atoms with Crippen molar-refractivity contribution in [3.63, 3.8) is 0 Å². The number of nitrogens with zero attached hydrogens (tertiary/aromatic N) is 2. The summed E-state index contributed by atoms with van der Waals surface area (Å²) in [6, 6.07) is 0.0908. The minimum absolute atomic E-state index is 0.109. The van der Waals surface area contributed by atoms with Crippen LogP contribution in [0.5, 0.6) is 0 Å². The molecule has 4 fully saturated rings. The first kappa shape index (κ1) is 17.8. The number of amides is 4. The molecule has 2 aliphatic carbocycles. The van der Waals surface area contributed by atoms with Gasteiger partial charge >= 0.3 is 6.03 Å². The van der Waals surface area contributed by atoms with Gasteiger partial charge in [0.2, 0.25) is 5.91 Å². The third kappa shape index (κ3) is 3.59. The fourth-order valence-electron chi connectivity index (χ4n) is 4.54. The number of imide groups is 1. The van der Waals surface area contributed by atoms with Gasteiger partial charge in [-0.25, -0.2) is 4.79 Å². The Labute approximate surface area is 154 Å². The molecule has 4 aliphatic rings. The molecule has 7 heteroatoms. The molecule has 0 unspecified atom stereocenters. The lowest BCUT2D eigenvalue weighted by atomic mass is 9.82. The van der Waals surface area contributed by atoms with Gasteiger partial charge in [-0.05, 0) is 51.0 Å². The first-order valence-electron chi connectivity index (χ1n) is 10.2. The average Bonchev–Trinajstić information content (AvgIpc) is 3.46. The molecule has 2 heterocycles. The number of carbonyl (C=O) groups excluding carboxylic acids is 3. The van der Waals surface area contributed by atoms with E-state index >= 15 is 0 Å². The zero-order chi connectivity index (χ0) is 18.1. The third-order valence-corrected chi connectivity index (χ3v) is 6.49. The smallest absolute Gasteiger partial charge is 0.325 e. The van der Waals surface area contributed by atoms with Crippen LogP contribution in [0.25, 0.3) is 0 Å².